The van der Waals surface area contributed by atoms with Crippen molar-refractivity contribution in [3.05, 3.63) is 89.6 Å². The summed E-state index contributed by atoms with van der Waals surface area (Å²) in [7, 11) is 0. The first-order chi connectivity index (χ1) is 13.5. The lowest BCUT2D eigenvalue weighted by molar-refractivity contribution is 0.249. The van der Waals surface area contributed by atoms with Gasteiger partial charge in [0.05, 0.1) is 11.1 Å². The van der Waals surface area contributed by atoms with E-state index in [2.05, 4.69) is 15.6 Å². The predicted molar refractivity (Wildman–Crippen MR) is 107 cm³/mol. The van der Waals surface area contributed by atoms with Crippen LogP contribution in [0.25, 0.3) is 0 Å². The molecule has 1 atom stereocenters. The van der Waals surface area contributed by atoms with Crippen LogP contribution in [0.5, 0.6) is 0 Å². The maximum absolute atomic E-state index is 13.8. The van der Waals surface area contributed by atoms with Crippen molar-refractivity contribution in [3.8, 4) is 0 Å². The van der Waals surface area contributed by atoms with Crippen molar-refractivity contribution in [1.29, 1.82) is 0 Å². The zero-order valence-electron chi connectivity index (χ0n) is 15.2. The first-order valence-electron chi connectivity index (χ1n) is 8.66. The van der Waals surface area contributed by atoms with Crippen molar-refractivity contribution < 1.29 is 13.6 Å². The third-order valence-electron chi connectivity index (χ3n) is 3.99. The van der Waals surface area contributed by atoms with Crippen molar-refractivity contribution in [3.63, 3.8) is 0 Å². The maximum Gasteiger partial charge on any atom is 0.319 e. The predicted octanol–water partition coefficient (Wildman–Crippen LogP) is 5.53. The second-order valence-electron chi connectivity index (χ2n) is 6.14. The molecule has 0 bridgehead atoms. The van der Waals surface area contributed by atoms with Gasteiger partial charge >= 0.3 is 6.03 Å². The van der Waals surface area contributed by atoms with Gasteiger partial charge in [-0.25, -0.2) is 18.6 Å². The summed E-state index contributed by atoms with van der Waals surface area (Å²) in [6, 6.07) is 15.4. The minimum absolute atomic E-state index is 0.220. The van der Waals surface area contributed by atoms with Gasteiger partial charge in [0.25, 0.3) is 0 Å². The SMILES string of the molecule is CC(NC(=O)Nc1cccc(CSc2ccccn2)c1)c1ccc(F)cc1F. The van der Waals surface area contributed by atoms with Gasteiger partial charge in [-0.1, -0.05) is 24.3 Å². The number of pyridine rings is 1. The number of nitrogens with zero attached hydrogens (tertiary/aromatic N) is 1. The number of hydrogen-bond donors (Lipinski definition) is 2. The number of rotatable bonds is 6. The van der Waals surface area contributed by atoms with Gasteiger partial charge in [-0.2, -0.15) is 0 Å². The molecule has 0 saturated heterocycles. The summed E-state index contributed by atoms with van der Waals surface area (Å²) < 4.78 is 26.9. The van der Waals surface area contributed by atoms with Gasteiger partial charge < -0.3 is 10.6 Å². The molecule has 1 heterocycles. The highest BCUT2D eigenvalue weighted by Crippen LogP contribution is 2.22. The van der Waals surface area contributed by atoms with Crippen LogP contribution < -0.4 is 10.6 Å². The molecule has 0 radical (unpaired) electrons. The molecule has 2 N–H and O–H groups in total. The normalized spacial score (nSPS) is 11.7. The smallest absolute Gasteiger partial charge is 0.319 e. The fraction of sp³-hybridized carbons (Fsp3) is 0.143. The van der Waals surface area contributed by atoms with E-state index in [1.807, 2.05) is 36.4 Å². The highest BCUT2D eigenvalue weighted by molar-refractivity contribution is 7.98. The van der Waals surface area contributed by atoms with Gasteiger partial charge in [-0.3, -0.25) is 0 Å². The molecular weight excluding hydrogens is 380 g/mol. The molecule has 0 spiro atoms. The number of amides is 2. The van der Waals surface area contributed by atoms with Crippen LogP contribution >= 0.6 is 11.8 Å². The van der Waals surface area contributed by atoms with Crippen LogP contribution in [0.2, 0.25) is 0 Å². The van der Waals surface area contributed by atoms with E-state index in [1.54, 1.807) is 30.9 Å². The highest BCUT2D eigenvalue weighted by atomic mass is 32.2. The number of nitrogens with one attached hydrogen (secondary N) is 2. The molecule has 1 aromatic heterocycles. The number of carbonyl (C=O) groups excluding carboxylic acids is 1. The molecule has 28 heavy (non-hydrogen) atoms. The summed E-state index contributed by atoms with van der Waals surface area (Å²) in [6.45, 7) is 1.63. The van der Waals surface area contributed by atoms with E-state index in [9.17, 15) is 13.6 Å². The number of urea groups is 1. The molecule has 2 amide bonds. The number of benzene rings is 2. The van der Waals surface area contributed by atoms with Gasteiger partial charge in [-0.05, 0) is 42.8 Å². The second-order valence-corrected chi connectivity index (χ2v) is 7.14. The third kappa shape index (κ3) is 5.53. The number of carbonyl (C=O) groups is 1. The zero-order valence-corrected chi connectivity index (χ0v) is 16.0. The Morgan fingerprint density at radius 2 is 1.96 bits per heavy atom. The lowest BCUT2D eigenvalue weighted by Gasteiger charge is -2.16. The number of aromatic nitrogens is 1. The molecule has 0 aliphatic carbocycles. The topological polar surface area (TPSA) is 54.0 Å². The van der Waals surface area contributed by atoms with Crippen molar-refractivity contribution in [2.75, 3.05) is 5.32 Å². The molecule has 0 fully saturated rings. The van der Waals surface area contributed by atoms with E-state index in [-0.39, 0.29) is 5.56 Å². The number of anilines is 1. The Morgan fingerprint density at radius 1 is 1.11 bits per heavy atom. The Labute approximate surface area is 166 Å². The summed E-state index contributed by atoms with van der Waals surface area (Å²) in [6.07, 6.45) is 1.75. The van der Waals surface area contributed by atoms with E-state index >= 15 is 0 Å². The monoisotopic (exact) mass is 399 g/mol. The minimum Gasteiger partial charge on any atom is -0.331 e. The lowest BCUT2D eigenvalue weighted by Crippen LogP contribution is -2.31. The maximum atomic E-state index is 13.8. The van der Waals surface area contributed by atoms with Gasteiger partial charge in [-0.15, -0.1) is 11.8 Å². The van der Waals surface area contributed by atoms with E-state index in [1.165, 1.54) is 6.07 Å². The van der Waals surface area contributed by atoms with Crippen molar-refractivity contribution in [1.82, 2.24) is 10.3 Å². The third-order valence-corrected chi connectivity index (χ3v) is 5.00. The van der Waals surface area contributed by atoms with Crippen LogP contribution in [0.3, 0.4) is 0 Å². The van der Waals surface area contributed by atoms with Gasteiger partial charge in [0.15, 0.2) is 0 Å². The van der Waals surface area contributed by atoms with Crippen LogP contribution in [-0.2, 0) is 5.75 Å². The largest absolute Gasteiger partial charge is 0.331 e. The number of thioether (sulfide) groups is 1. The Bertz CT molecular complexity index is 953. The molecule has 1 unspecified atom stereocenters. The van der Waals surface area contributed by atoms with Crippen LogP contribution in [0.4, 0.5) is 19.3 Å². The van der Waals surface area contributed by atoms with Crippen molar-refractivity contribution in [2.24, 2.45) is 0 Å². The van der Waals surface area contributed by atoms with Gasteiger partial charge in [0, 0.05) is 29.3 Å². The van der Waals surface area contributed by atoms with E-state index in [4.69, 9.17) is 0 Å². The molecule has 4 nitrogen and oxygen atoms in total. The van der Waals surface area contributed by atoms with E-state index < -0.39 is 23.7 Å². The Hall–Kier alpha value is -2.93. The molecule has 3 rings (SSSR count). The summed E-state index contributed by atoms with van der Waals surface area (Å²) in [4.78, 5) is 16.5. The lowest BCUT2D eigenvalue weighted by atomic mass is 10.1. The van der Waals surface area contributed by atoms with Crippen molar-refractivity contribution in [2.45, 2.75) is 23.7 Å². The quantitative estimate of drug-likeness (QED) is 0.536. The number of halogens is 2. The minimum atomic E-state index is -0.693. The fourth-order valence-corrected chi connectivity index (χ4v) is 3.43. The Morgan fingerprint density at radius 3 is 2.71 bits per heavy atom. The van der Waals surface area contributed by atoms with E-state index in [0.29, 0.717) is 11.4 Å². The summed E-state index contributed by atoms with van der Waals surface area (Å²) in [5.74, 6) is -0.634. The molecular formula is C21H19F2N3OS. The zero-order chi connectivity index (χ0) is 19.9. The Kier molecular flexibility index (Phi) is 6.60. The highest BCUT2D eigenvalue weighted by Gasteiger charge is 2.14. The average Bonchev–Trinajstić information content (AvgIpc) is 2.67. The number of hydrogen-bond acceptors (Lipinski definition) is 3. The van der Waals surface area contributed by atoms with Crippen LogP contribution in [-0.4, -0.2) is 11.0 Å². The van der Waals surface area contributed by atoms with E-state index in [0.717, 1.165) is 22.7 Å². The molecule has 3 aromatic rings. The molecule has 0 saturated carbocycles. The standard InChI is InChI=1S/C21H19F2N3OS/c1-14(18-9-8-16(22)12-19(18)23)25-21(27)26-17-6-4-5-15(11-17)13-28-20-7-2-3-10-24-20/h2-12,14H,13H2,1H3,(H2,25,26,27). The molecule has 0 aliphatic rings. The van der Waals surface area contributed by atoms with Gasteiger partial charge in [0.1, 0.15) is 11.6 Å². The van der Waals surface area contributed by atoms with Crippen LogP contribution in [0.15, 0.2) is 71.9 Å². The summed E-state index contributed by atoms with van der Waals surface area (Å²) in [5.41, 5.74) is 1.88. The van der Waals surface area contributed by atoms with Crippen LogP contribution in [0.1, 0.15) is 24.1 Å². The molecule has 2 aromatic carbocycles. The first-order valence-corrected chi connectivity index (χ1v) is 9.65. The van der Waals surface area contributed by atoms with Crippen LogP contribution in [0, 0.1) is 11.6 Å². The average molecular weight is 399 g/mol. The summed E-state index contributed by atoms with van der Waals surface area (Å²) in [5, 5.41) is 6.32. The molecule has 144 valence electrons. The second kappa shape index (κ2) is 9.32. The Balaban J connectivity index is 1.57. The fourth-order valence-electron chi connectivity index (χ4n) is 2.62. The summed E-state index contributed by atoms with van der Waals surface area (Å²) >= 11 is 1.60. The molecule has 7 heteroatoms. The molecule has 0 aliphatic heterocycles. The first kappa shape index (κ1) is 19.8. The van der Waals surface area contributed by atoms with Gasteiger partial charge in [0.2, 0.25) is 0 Å². The van der Waals surface area contributed by atoms with Crippen molar-refractivity contribution >= 4 is 23.5 Å².